The SMILES string of the molecule is N#Cc1ccc(N2CC(=O)N(Cc3ccc(C(F)(F)F)cc3)[C@]3(C[C@@H](C(=O)N4CCC(O)CC4)C3)C2=O)c(F)c1. The zero-order valence-corrected chi connectivity index (χ0v) is 21.3. The van der Waals surface area contributed by atoms with Crippen molar-refractivity contribution in [3.8, 4) is 6.07 Å². The number of amides is 3. The highest BCUT2D eigenvalue weighted by Crippen LogP contribution is 2.48. The molecule has 0 aromatic heterocycles. The molecular weight excluding hydrogens is 532 g/mol. The van der Waals surface area contributed by atoms with Crippen molar-refractivity contribution in [3.05, 3.63) is 65.0 Å². The van der Waals surface area contributed by atoms with Crippen molar-refractivity contribution >= 4 is 23.4 Å². The number of aliphatic hydroxyl groups is 1. The lowest BCUT2D eigenvalue weighted by Crippen LogP contribution is -2.74. The molecule has 40 heavy (non-hydrogen) atoms. The van der Waals surface area contributed by atoms with Crippen LogP contribution in [0.3, 0.4) is 0 Å². The first-order valence-electron chi connectivity index (χ1n) is 12.9. The Morgan fingerprint density at radius 2 is 1.73 bits per heavy atom. The minimum Gasteiger partial charge on any atom is -0.393 e. The van der Waals surface area contributed by atoms with E-state index >= 15 is 0 Å². The molecule has 1 spiro atoms. The molecule has 2 aromatic rings. The largest absolute Gasteiger partial charge is 0.416 e. The lowest BCUT2D eigenvalue weighted by atomic mass is 9.64. The Bertz CT molecular complexity index is 1370. The van der Waals surface area contributed by atoms with Crippen molar-refractivity contribution in [2.75, 3.05) is 24.5 Å². The summed E-state index contributed by atoms with van der Waals surface area (Å²) >= 11 is 0. The number of nitriles is 1. The van der Waals surface area contributed by atoms with E-state index in [1.807, 2.05) is 6.07 Å². The molecular formula is C28H26F4N4O4. The number of likely N-dealkylation sites (tertiary alicyclic amines) is 1. The second kappa shape index (κ2) is 10.2. The predicted molar refractivity (Wildman–Crippen MR) is 133 cm³/mol. The molecule has 0 unspecified atom stereocenters. The van der Waals surface area contributed by atoms with Gasteiger partial charge in [-0.25, -0.2) is 4.39 Å². The van der Waals surface area contributed by atoms with Gasteiger partial charge in [-0.2, -0.15) is 18.4 Å². The van der Waals surface area contributed by atoms with Crippen molar-refractivity contribution in [1.82, 2.24) is 9.80 Å². The number of nitrogens with zero attached hydrogens (tertiary/aromatic N) is 4. The fourth-order valence-corrected chi connectivity index (χ4v) is 5.78. The average Bonchev–Trinajstić information content (AvgIpc) is 2.90. The van der Waals surface area contributed by atoms with Crippen molar-refractivity contribution in [2.45, 2.75) is 50.0 Å². The van der Waals surface area contributed by atoms with Crippen LogP contribution in [-0.4, -0.2) is 63.9 Å². The van der Waals surface area contributed by atoms with Crippen LogP contribution in [0.4, 0.5) is 23.2 Å². The minimum absolute atomic E-state index is 0.0233. The molecule has 210 valence electrons. The molecule has 1 saturated carbocycles. The zero-order chi connectivity index (χ0) is 28.8. The Hall–Kier alpha value is -3.98. The predicted octanol–water partition coefficient (Wildman–Crippen LogP) is 3.22. The number of alkyl halides is 3. The van der Waals surface area contributed by atoms with E-state index in [2.05, 4.69) is 0 Å². The maximum absolute atomic E-state index is 14.9. The lowest BCUT2D eigenvalue weighted by Gasteiger charge is -2.57. The summed E-state index contributed by atoms with van der Waals surface area (Å²) in [5.41, 5.74) is -2.11. The fourth-order valence-electron chi connectivity index (χ4n) is 5.78. The molecule has 1 aliphatic carbocycles. The summed E-state index contributed by atoms with van der Waals surface area (Å²) < 4.78 is 54.0. The van der Waals surface area contributed by atoms with Gasteiger partial charge in [-0.1, -0.05) is 12.1 Å². The van der Waals surface area contributed by atoms with Crippen molar-refractivity contribution in [3.63, 3.8) is 0 Å². The standard InChI is InChI=1S/C28H26F4N4O4/c29-22-11-18(14-33)3-6-23(22)35-16-24(38)36(15-17-1-4-20(5-2-17)28(30,31)32)27(26(35)40)12-19(13-27)25(39)34-9-7-21(37)8-10-34/h1-6,11,19,21,37H,7-10,12-13,15-16H2/t19-,27+. The van der Waals surface area contributed by atoms with Gasteiger partial charge in [-0.05, 0) is 61.6 Å². The Morgan fingerprint density at radius 3 is 2.30 bits per heavy atom. The molecule has 0 bridgehead atoms. The van der Waals surface area contributed by atoms with Gasteiger partial charge in [0.1, 0.15) is 17.9 Å². The molecule has 2 heterocycles. The van der Waals surface area contributed by atoms with E-state index in [1.54, 1.807) is 4.90 Å². The quantitative estimate of drug-likeness (QED) is 0.581. The van der Waals surface area contributed by atoms with E-state index < -0.39 is 53.5 Å². The van der Waals surface area contributed by atoms with Crippen LogP contribution in [0.5, 0.6) is 0 Å². The van der Waals surface area contributed by atoms with Crippen molar-refractivity contribution < 1.29 is 37.1 Å². The monoisotopic (exact) mass is 558 g/mol. The average molecular weight is 559 g/mol. The number of anilines is 1. The van der Waals surface area contributed by atoms with Gasteiger partial charge in [0.2, 0.25) is 11.8 Å². The number of rotatable bonds is 4. The maximum Gasteiger partial charge on any atom is 0.416 e. The van der Waals surface area contributed by atoms with Crippen LogP contribution in [0.1, 0.15) is 42.4 Å². The number of halogens is 4. The molecule has 2 saturated heterocycles. The molecule has 8 nitrogen and oxygen atoms in total. The van der Waals surface area contributed by atoms with E-state index in [4.69, 9.17) is 5.26 Å². The van der Waals surface area contributed by atoms with Gasteiger partial charge in [0, 0.05) is 25.6 Å². The summed E-state index contributed by atoms with van der Waals surface area (Å²) in [6.07, 6.45) is -4.19. The summed E-state index contributed by atoms with van der Waals surface area (Å²) in [6, 6.07) is 9.62. The van der Waals surface area contributed by atoms with Crippen LogP contribution < -0.4 is 4.90 Å². The van der Waals surface area contributed by atoms with Gasteiger partial charge in [0.25, 0.3) is 5.91 Å². The van der Waals surface area contributed by atoms with E-state index in [0.29, 0.717) is 31.5 Å². The Kier molecular flexibility index (Phi) is 7.04. The fraction of sp³-hybridized carbons (Fsp3) is 0.429. The van der Waals surface area contributed by atoms with Gasteiger partial charge >= 0.3 is 6.18 Å². The van der Waals surface area contributed by atoms with E-state index in [-0.39, 0.29) is 36.5 Å². The molecule has 3 fully saturated rings. The van der Waals surface area contributed by atoms with Gasteiger partial charge < -0.3 is 14.9 Å². The third-order valence-electron chi connectivity index (χ3n) is 8.04. The summed E-state index contributed by atoms with van der Waals surface area (Å²) in [6.45, 7) is 0.0678. The molecule has 12 heteroatoms. The smallest absolute Gasteiger partial charge is 0.393 e. The van der Waals surface area contributed by atoms with E-state index in [9.17, 15) is 37.1 Å². The molecule has 2 aliphatic heterocycles. The number of carbonyl (C=O) groups excluding carboxylic acids is 3. The number of piperidine rings is 1. The van der Waals surface area contributed by atoms with Crippen LogP contribution in [0.25, 0.3) is 0 Å². The van der Waals surface area contributed by atoms with Crippen molar-refractivity contribution in [2.24, 2.45) is 5.92 Å². The first-order chi connectivity index (χ1) is 18.9. The Morgan fingerprint density at radius 1 is 1.07 bits per heavy atom. The number of hydrogen-bond donors (Lipinski definition) is 1. The van der Waals surface area contributed by atoms with Crippen LogP contribution in [0.15, 0.2) is 42.5 Å². The first-order valence-corrected chi connectivity index (χ1v) is 12.9. The van der Waals surface area contributed by atoms with E-state index in [1.165, 1.54) is 29.2 Å². The third kappa shape index (κ3) is 4.90. The molecule has 1 N–H and O–H groups in total. The van der Waals surface area contributed by atoms with Crippen LogP contribution in [0.2, 0.25) is 0 Å². The van der Waals surface area contributed by atoms with Gasteiger partial charge in [0.05, 0.1) is 29.0 Å². The van der Waals surface area contributed by atoms with Crippen molar-refractivity contribution in [1.29, 1.82) is 5.26 Å². The highest BCUT2D eigenvalue weighted by atomic mass is 19.4. The third-order valence-corrected chi connectivity index (χ3v) is 8.04. The zero-order valence-electron chi connectivity index (χ0n) is 21.3. The topological polar surface area (TPSA) is 105 Å². The summed E-state index contributed by atoms with van der Waals surface area (Å²) in [4.78, 5) is 44.5. The van der Waals surface area contributed by atoms with Gasteiger partial charge in [0.15, 0.2) is 0 Å². The normalized spacial score (nSPS) is 23.8. The molecule has 3 amide bonds. The number of carbonyl (C=O) groups is 3. The second-order valence-corrected chi connectivity index (χ2v) is 10.5. The molecule has 5 rings (SSSR count). The minimum atomic E-state index is -4.53. The lowest BCUT2D eigenvalue weighted by molar-refractivity contribution is -0.168. The van der Waals surface area contributed by atoms with Gasteiger partial charge in [-0.15, -0.1) is 0 Å². The first kappa shape index (κ1) is 27.6. The molecule has 2 aromatic carbocycles. The van der Waals surface area contributed by atoms with Crippen LogP contribution in [0, 0.1) is 23.1 Å². The Balaban J connectivity index is 1.44. The molecule has 3 aliphatic rings. The summed E-state index contributed by atoms with van der Waals surface area (Å²) in [7, 11) is 0. The number of aliphatic hydroxyl groups excluding tert-OH is 1. The summed E-state index contributed by atoms with van der Waals surface area (Å²) in [5.74, 6) is -2.79. The molecule has 0 radical (unpaired) electrons. The van der Waals surface area contributed by atoms with Gasteiger partial charge in [-0.3, -0.25) is 19.3 Å². The van der Waals surface area contributed by atoms with Crippen LogP contribution >= 0.6 is 0 Å². The van der Waals surface area contributed by atoms with E-state index in [0.717, 1.165) is 23.1 Å². The van der Waals surface area contributed by atoms with Crippen LogP contribution in [-0.2, 0) is 27.1 Å². The Labute approximate surface area is 227 Å². The number of hydrogen-bond acceptors (Lipinski definition) is 5. The number of benzene rings is 2. The molecule has 0 atom stereocenters. The highest BCUT2D eigenvalue weighted by Gasteiger charge is 2.62. The maximum atomic E-state index is 14.9. The summed E-state index contributed by atoms with van der Waals surface area (Å²) in [5, 5.41) is 18.8. The highest BCUT2D eigenvalue weighted by molar-refractivity contribution is 6.10. The second-order valence-electron chi connectivity index (χ2n) is 10.5. The number of piperazine rings is 1.